The molecule has 0 radical (unpaired) electrons. The van der Waals surface area contributed by atoms with Crippen LogP contribution in [0.15, 0.2) is 59.8 Å². The first-order valence-electron chi connectivity index (χ1n) is 9.03. The van der Waals surface area contributed by atoms with Gasteiger partial charge in [0.05, 0.1) is 5.75 Å². The Balaban J connectivity index is 1.73. The van der Waals surface area contributed by atoms with Crippen molar-refractivity contribution >= 4 is 17.5 Å². The number of carbonyl (C=O) groups is 1. The normalized spacial score (nSPS) is 12.2. The lowest BCUT2D eigenvalue weighted by Gasteiger charge is -2.18. The smallest absolute Gasteiger partial charge is 0.192 e. The van der Waals surface area contributed by atoms with Gasteiger partial charge >= 0.3 is 0 Å². The molecule has 7 heteroatoms. The number of benzene rings is 2. The van der Waals surface area contributed by atoms with Crippen LogP contribution in [0.1, 0.15) is 49.1 Å². The Hall–Kier alpha value is -2.67. The Morgan fingerprint density at radius 1 is 1.07 bits per heavy atom. The van der Waals surface area contributed by atoms with Gasteiger partial charge in [-0.15, -0.1) is 10.2 Å². The van der Waals surface area contributed by atoms with Gasteiger partial charge in [0.15, 0.2) is 22.9 Å². The van der Waals surface area contributed by atoms with Crippen LogP contribution in [-0.2, 0) is 0 Å². The molecule has 0 fully saturated rings. The minimum absolute atomic E-state index is 0.0427. The third-order valence-electron chi connectivity index (χ3n) is 4.13. The number of halogens is 1. The summed E-state index contributed by atoms with van der Waals surface area (Å²) in [6.07, 6.45) is -0.375. The standard InChI is InChI=1S/C21H22FN3O2S/c1-14(2)25-20(15(3)27-18-11-9-17(22)10-12-18)23-24-21(25)28-13-19(26)16-7-5-4-6-8-16/h4-12,14-15H,13H2,1-3H3. The largest absolute Gasteiger partial charge is 0.483 e. The summed E-state index contributed by atoms with van der Waals surface area (Å²) in [5, 5.41) is 9.22. The average molecular weight is 399 g/mol. The van der Waals surface area contributed by atoms with Gasteiger partial charge in [-0.3, -0.25) is 4.79 Å². The molecule has 0 N–H and O–H groups in total. The van der Waals surface area contributed by atoms with Crippen LogP contribution >= 0.6 is 11.8 Å². The van der Waals surface area contributed by atoms with Gasteiger partial charge in [0, 0.05) is 11.6 Å². The molecule has 0 saturated carbocycles. The summed E-state index contributed by atoms with van der Waals surface area (Å²) in [5.74, 6) is 1.23. The first-order chi connectivity index (χ1) is 13.5. The van der Waals surface area contributed by atoms with E-state index in [-0.39, 0.29) is 29.5 Å². The van der Waals surface area contributed by atoms with E-state index in [0.29, 0.717) is 22.3 Å². The van der Waals surface area contributed by atoms with E-state index in [1.54, 1.807) is 24.3 Å². The van der Waals surface area contributed by atoms with Crippen molar-refractivity contribution in [3.05, 3.63) is 71.8 Å². The Kier molecular flexibility index (Phi) is 6.46. The minimum Gasteiger partial charge on any atom is -0.483 e. The zero-order chi connectivity index (χ0) is 20.1. The molecule has 0 aliphatic carbocycles. The molecule has 3 rings (SSSR count). The molecule has 1 aromatic heterocycles. The van der Waals surface area contributed by atoms with Gasteiger partial charge in [-0.2, -0.15) is 0 Å². The minimum atomic E-state index is -0.375. The number of ketones is 1. The van der Waals surface area contributed by atoms with Crippen molar-refractivity contribution in [1.29, 1.82) is 0 Å². The van der Waals surface area contributed by atoms with E-state index in [0.717, 1.165) is 0 Å². The SMILES string of the molecule is CC(Oc1ccc(F)cc1)c1nnc(SCC(=O)c2ccccc2)n1C(C)C. The first kappa shape index (κ1) is 20.1. The number of nitrogens with zero attached hydrogens (tertiary/aromatic N) is 3. The first-order valence-corrected chi connectivity index (χ1v) is 10.0. The maximum atomic E-state index is 13.1. The third-order valence-corrected chi connectivity index (χ3v) is 5.07. The Morgan fingerprint density at radius 2 is 1.75 bits per heavy atom. The molecule has 2 aromatic carbocycles. The van der Waals surface area contributed by atoms with Gasteiger partial charge < -0.3 is 9.30 Å². The molecule has 146 valence electrons. The van der Waals surface area contributed by atoms with Crippen molar-refractivity contribution in [3.63, 3.8) is 0 Å². The van der Waals surface area contributed by atoms with Crippen LogP contribution in [-0.4, -0.2) is 26.3 Å². The highest BCUT2D eigenvalue weighted by Crippen LogP contribution is 2.28. The topological polar surface area (TPSA) is 57.0 Å². The lowest BCUT2D eigenvalue weighted by Crippen LogP contribution is -2.14. The molecule has 3 aromatic rings. The summed E-state index contributed by atoms with van der Waals surface area (Å²) in [6, 6.07) is 15.2. The summed E-state index contributed by atoms with van der Waals surface area (Å²) < 4.78 is 20.9. The van der Waals surface area contributed by atoms with Crippen LogP contribution in [0.3, 0.4) is 0 Å². The summed E-state index contributed by atoms with van der Waals surface area (Å²) >= 11 is 1.36. The van der Waals surface area contributed by atoms with Crippen LogP contribution in [0.2, 0.25) is 0 Å². The number of Topliss-reactive ketones (excluding diaryl/α,β-unsaturated/α-hetero) is 1. The van der Waals surface area contributed by atoms with Crippen molar-refractivity contribution in [2.45, 2.75) is 38.1 Å². The van der Waals surface area contributed by atoms with Gasteiger partial charge in [0.25, 0.3) is 0 Å². The Labute approximate surface area is 167 Å². The summed E-state index contributed by atoms with van der Waals surface area (Å²) in [6.45, 7) is 5.93. The van der Waals surface area contributed by atoms with Crippen molar-refractivity contribution < 1.29 is 13.9 Å². The zero-order valence-corrected chi connectivity index (χ0v) is 16.8. The number of carbonyl (C=O) groups excluding carboxylic acids is 1. The Bertz CT molecular complexity index is 927. The van der Waals surface area contributed by atoms with E-state index in [9.17, 15) is 9.18 Å². The monoisotopic (exact) mass is 399 g/mol. The number of thioether (sulfide) groups is 1. The number of rotatable bonds is 8. The second-order valence-electron chi connectivity index (χ2n) is 6.60. The number of ether oxygens (including phenoxy) is 1. The van der Waals surface area contributed by atoms with E-state index in [1.165, 1.54) is 23.9 Å². The van der Waals surface area contributed by atoms with Crippen LogP contribution in [0.25, 0.3) is 0 Å². The molecular weight excluding hydrogens is 377 g/mol. The van der Waals surface area contributed by atoms with E-state index in [1.807, 2.05) is 43.5 Å². The van der Waals surface area contributed by atoms with Crippen molar-refractivity contribution in [3.8, 4) is 5.75 Å². The molecule has 0 bridgehead atoms. The highest BCUT2D eigenvalue weighted by molar-refractivity contribution is 7.99. The summed E-state index contributed by atoms with van der Waals surface area (Å²) in [5.41, 5.74) is 0.679. The molecule has 5 nitrogen and oxygen atoms in total. The second-order valence-corrected chi connectivity index (χ2v) is 7.54. The molecule has 0 aliphatic rings. The third kappa shape index (κ3) is 4.78. The highest BCUT2D eigenvalue weighted by atomic mass is 32.2. The fourth-order valence-corrected chi connectivity index (χ4v) is 3.73. The lowest BCUT2D eigenvalue weighted by atomic mass is 10.2. The summed E-state index contributed by atoms with van der Waals surface area (Å²) in [7, 11) is 0. The predicted molar refractivity (Wildman–Crippen MR) is 107 cm³/mol. The summed E-state index contributed by atoms with van der Waals surface area (Å²) in [4.78, 5) is 12.4. The fourth-order valence-electron chi connectivity index (χ4n) is 2.76. The maximum absolute atomic E-state index is 13.1. The average Bonchev–Trinajstić information content (AvgIpc) is 3.13. The maximum Gasteiger partial charge on any atom is 0.192 e. The molecule has 0 spiro atoms. The van der Waals surface area contributed by atoms with E-state index >= 15 is 0 Å². The molecule has 0 amide bonds. The molecule has 1 heterocycles. The number of aromatic nitrogens is 3. The molecule has 28 heavy (non-hydrogen) atoms. The molecule has 0 aliphatic heterocycles. The number of hydrogen-bond donors (Lipinski definition) is 0. The van der Waals surface area contributed by atoms with Crippen LogP contribution in [0.4, 0.5) is 4.39 Å². The van der Waals surface area contributed by atoms with E-state index in [2.05, 4.69) is 10.2 Å². The predicted octanol–water partition coefficient (Wildman–Crippen LogP) is 5.11. The quantitative estimate of drug-likeness (QED) is 0.389. The van der Waals surface area contributed by atoms with E-state index in [4.69, 9.17) is 4.74 Å². The van der Waals surface area contributed by atoms with Crippen LogP contribution < -0.4 is 4.74 Å². The molecule has 1 atom stereocenters. The van der Waals surface area contributed by atoms with Gasteiger partial charge in [-0.1, -0.05) is 42.1 Å². The van der Waals surface area contributed by atoms with Gasteiger partial charge in [0.2, 0.25) is 0 Å². The lowest BCUT2D eigenvalue weighted by molar-refractivity contribution is 0.102. The fraction of sp³-hybridized carbons (Fsp3) is 0.286. The Morgan fingerprint density at radius 3 is 2.39 bits per heavy atom. The molecule has 1 unspecified atom stereocenters. The number of hydrogen-bond acceptors (Lipinski definition) is 5. The van der Waals surface area contributed by atoms with Crippen molar-refractivity contribution in [1.82, 2.24) is 14.8 Å². The highest BCUT2D eigenvalue weighted by Gasteiger charge is 2.22. The second kappa shape index (κ2) is 9.01. The van der Waals surface area contributed by atoms with Gasteiger partial charge in [-0.05, 0) is 45.0 Å². The van der Waals surface area contributed by atoms with Gasteiger partial charge in [-0.25, -0.2) is 4.39 Å². The van der Waals surface area contributed by atoms with Crippen molar-refractivity contribution in [2.75, 3.05) is 5.75 Å². The van der Waals surface area contributed by atoms with Crippen molar-refractivity contribution in [2.24, 2.45) is 0 Å². The van der Waals surface area contributed by atoms with Crippen LogP contribution in [0.5, 0.6) is 5.75 Å². The van der Waals surface area contributed by atoms with Gasteiger partial charge in [0.1, 0.15) is 11.6 Å². The van der Waals surface area contributed by atoms with Crippen LogP contribution in [0, 0.1) is 5.82 Å². The molecular formula is C21H22FN3O2S. The zero-order valence-electron chi connectivity index (χ0n) is 16.0. The van der Waals surface area contributed by atoms with E-state index < -0.39 is 0 Å². The molecule has 0 saturated heterocycles.